The number of methoxy groups -OCH3 is 1. The zero-order valence-electron chi connectivity index (χ0n) is 21.8. The number of amides is 2. The molecule has 0 atom stereocenters. The first-order valence-electron chi connectivity index (χ1n) is 12.5. The van der Waals surface area contributed by atoms with E-state index < -0.39 is 11.8 Å². The van der Waals surface area contributed by atoms with Crippen LogP contribution in [-0.4, -0.2) is 30.6 Å². The largest absolute Gasteiger partial charge is 0.489 e. The predicted molar refractivity (Wildman–Crippen MR) is 157 cm³/mol. The number of anilines is 1. The van der Waals surface area contributed by atoms with Gasteiger partial charge in [-0.15, -0.1) is 11.8 Å². The number of esters is 1. The second-order valence-electron chi connectivity index (χ2n) is 8.56. The lowest BCUT2D eigenvalue weighted by molar-refractivity contribution is -0.137. The van der Waals surface area contributed by atoms with E-state index in [4.69, 9.17) is 4.74 Å². The highest BCUT2D eigenvalue weighted by Crippen LogP contribution is 2.21. The molecule has 0 bridgehead atoms. The Hall–Kier alpha value is -4.82. The van der Waals surface area contributed by atoms with Gasteiger partial charge >= 0.3 is 5.97 Å². The summed E-state index contributed by atoms with van der Waals surface area (Å²) in [5, 5.41) is 5.56. The van der Waals surface area contributed by atoms with Crippen LogP contribution >= 0.6 is 11.8 Å². The van der Waals surface area contributed by atoms with Crippen molar-refractivity contribution in [2.75, 3.05) is 18.2 Å². The molecule has 40 heavy (non-hydrogen) atoms. The Kier molecular flexibility index (Phi) is 10.1. The van der Waals surface area contributed by atoms with E-state index in [1.807, 2.05) is 60.7 Å². The molecule has 202 valence electrons. The first-order chi connectivity index (χ1) is 19.5. The molecule has 0 aliphatic rings. The highest BCUT2D eigenvalue weighted by Gasteiger charge is 2.15. The fourth-order valence-electron chi connectivity index (χ4n) is 3.54. The van der Waals surface area contributed by atoms with E-state index in [0.717, 1.165) is 10.5 Å². The molecule has 0 saturated heterocycles. The van der Waals surface area contributed by atoms with Gasteiger partial charge in [-0.05, 0) is 65.7 Å². The van der Waals surface area contributed by atoms with Gasteiger partial charge in [0.25, 0.3) is 11.8 Å². The van der Waals surface area contributed by atoms with Gasteiger partial charge in [0.1, 0.15) is 18.1 Å². The number of benzene rings is 4. The molecule has 0 saturated carbocycles. The zero-order chi connectivity index (χ0) is 28.2. The van der Waals surface area contributed by atoms with E-state index in [1.54, 1.807) is 54.6 Å². The van der Waals surface area contributed by atoms with Crippen LogP contribution in [0.2, 0.25) is 0 Å². The van der Waals surface area contributed by atoms with Gasteiger partial charge in [-0.3, -0.25) is 14.4 Å². The van der Waals surface area contributed by atoms with Gasteiger partial charge < -0.3 is 20.1 Å². The number of nitrogens with one attached hydrogen (secondary N) is 2. The molecule has 0 aromatic heterocycles. The SMILES string of the molecule is COC(=O)CSc1ccc(NC(=O)/C(=C/c2ccc(OCc3ccccc3)cc2)NC(=O)c2ccccc2)cc1. The van der Waals surface area contributed by atoms with Gasteiger partial charge in [-0.1, -0.05) is 60.7 Å². The van der Waals surface area contributed by atoms with Crippen molar-refractivity contribution in [3.63, 3.8) is 0 Å². The van der Waals surface area contributed by atoms with E-state index in [0.29, 0.717) is 29.2 Å². The quantitative estimate of drug-likeness (QED) is 0.136. The average molecular weight is 553 g/mol. The third-order valence-electron chi connectivity index (χ3n) is 5.66. The van der Waals surface area contributed by atoms with Crippen LogP contribution < -0.4 is 15.4 Å². The number of carbonyl (C=O) groups is 3. The van der Waals surface area contributed by atoms with Gasteiger partial charge in [0, 0.05) is 16.1 Å². The van der Waals surface area contributed by atoms with Crippen LogP contribution in [0.25, 0.3) is 6.08 Å². The fraction of sp³-hybridized carbons (Fsp3) is 0.0938. The van der Waals surface area contributed by atoms with Crippen LogP contribution in [0.1, 0.15) is 21.5 Å². The Bertz CT molecular complexity index is 1460. The standard InChI is InChI=1S/C32H28N2O5S/c1-38-30(35)22-40-28-18-14-26(15-19-28)33-32(37)29(34-31(36)25-10-6-3-7-11-25)20-23-12-16-27(17-13-23)39-21-24-8-4-2-5-9-24/h2-20H,21-22H2,1H3,(H,33,37)(H,34,36)/b29-20-. The van der Waals surface area contributed by atoms with Crippen molar-refractivity contribution in [3.05, 3.63) is 132 Å². The van der Waals surface area contributed by atoms with Crippen LogP contribution in [0.15, 0.2) is 120 Å². The maximum Gasteiger partial charge on any atom is 0.315 e. The minimum Gasteiger partial charge on any atom is -0.489 e. The van der Waals surface area contributed by atoms with Crippen molar-refractivity contribution in [1.82, 2.24) is 5.32 Å². The lowest BCUT2D eigenvalue weighted by atomic mass is 10.1. The summed E-state index contributed by atoms with van der Waals surface area (Å²) in [6.45, 7) is 0.441. The molecule has 8 heteroatoms. The Morgan fingerprint density at radius 3 is 2.10 bits per heavy atom. The van der Waals surface area contributed by atoms with Crippen molar-refractivity contribution in [2.45, 2.75) is 11.5 Å². The van der Waals surface area contributed by atoms with E-state index in [2.05, 4.69) is 15.4 Å². The van der Waals surface area contributed by atoms with E-state index in [-0.39, 0.29) is 17.4 Å². The average Bonchev–Trinajstić information content (AvgIpc) is 3.00. The molecule has 0 radical (unpaired) electrons. The normalized spacial score (nSPS) is 10.9. The van der Waals surface area contributed by atoms with Gasteiger partial charge in [0.2, 0.25) is 0 Å². The fourth-order valence-corrected chi connectivity index (χ4v) is 4.28. The summed E-state index contributed by atoms with van der Waals surface area (Å²) < 4.78 is 10.5. The monoisotopic (exact) mass is 552 g/mol. The number of ether oxygens (including phenoxy) is 2. The topological polar surface area (TPSA) is 93.7 Å². The molecule has 0 fully saturated rings. The van der Waals surface area contributed by atoms with Crippen molar-refractivity contribution >= 4 is 41.3 Å². The molecule has 0 heterocycles. The number of thioether (sulfide) groups is 1. The lowest BCUT2D eigenvalue weighted by Crippen LogP contribution is -2.30. The molecule has 4 aromatic rings. The summed E-state index contributed by atoms with van der Waals surface area (Å²) in [4.78, 5) is 38.4. The molecule has 4 aromatic carbocycles. The third-order valence-corrected chi connectivity index (χ3v) is 6.65. The van der Waals surface area contributed by atoms with E-state index in [1.165, 1.54) is 18.9 Å². The number of hydrogen-bond donors (Lipinski definition) is 2. The Morgan fingerprint density at radius 1 is 0.800 bits per heavy atom. The van der Waals surface area contributed by atoms with Gasteiger partial charge in [-0.25, -0.2) is 0 Å². The summed E-state index contributed by atoms with van der Waals surface area (Å²) in [5.41, 5.74) is 2.81. The van der Waals surface area contributed by atoms with E-state index in [9.17, 15) is 14.4 Å². The van der Waals surface area contributed by atoms with Gasteiger partial charge in [0.15, 0.2) is 0 Å². The summed E-state index contributed by atoms with van der Waals surface area (Å²) in [5.74, 6) is -0.327. The Balaban J connectivity index is 1.48. The van der Waals surface area contributed by atoms with Gasteiger partial charge in [0.05, 0.1) is 12.9 Å². The Morgan fingerprint density at radius 2 is 1.45 bits per heavy atom. The highest BCUT2D eigenvalue weighted by molar-refractivity contribution is 8.00. The number of carbonyl (C=O) groups excluding carboxylic acids is 3. The first kappa shape index (κ1) is 28.2. The van der Waals surface area contributed by atoms with E-state index >= 15 is 0 Å². The minimum absolute atomic E-state index is 0.0796. The molecule has 2 N–H and O–H groups in total. The molecule has 0 aliphatic carbocycles. The summed E-state index contributed by atoms with van der Waals surface area (Å²) in [6, 6.07) is 32.8. The summed E-state index contributed by atoms with van der Waals surface area (Å²) in [6.07, 6.45) is 1.61. The second kappa shape index (κ2) is 14.4. The highest BCUT2D eigenvalue weighted by atomic mass is 32.2. The predicted octanol–water partition coefficient (Wildman–Crippen LogP) is 5.94. The van der Waals surface area contributed by atoms with Crippen LogP contribution in [-0.2, 0) is 20.9 Å². The molecule has 0 spiro atoms. The van der Waals surface area contributed by atoms with Crippen molar-refractivity contribution in [1.29, 1.82) is 0 Å². The van der Waals surface area contributed by atoms with Crippen LogP contribution in [0, 0.1) is 0 Å². The third kappa shape index (κ3) is 8.61. The molecule has 2 amide bonds. The summed E-state index contributed by atoms with van der Waals surface area (Å²) in [7, 11) is 1.34. The zero-order valence-corrected chi connectivity index (χ0v) is 22.6. The second-order valence-corrected chi connectivity index (χ2v) is 9.61. The lowest BCUT2D eigenvalue weighted by Gasteiger charge is -2.12. The molecular formula is C32H28N2O5S. The minimum atomic E-state index is -0.483. The maximum absolute atomic E-state index is 13.3. The Labute approximate surface area is 237 Å². The van der Waals surface area contributed by atoms with Crippen molar-refractivity contribution in [3.8, 4) is 5.75 Å². The smallest absolute Gasteiger partial charge is 0.315 e. The number of hydrogen-bond acceptors (Lipinski definition) is 6. The summed E-state index contributed by atoms with van der Waals surface area (Å²) >= 11 is 1.33. The first-order valence-corrected chi connectivity index (χ1v) is 13.4. The maximum atomic E-state index is 13.3. The molecule has 0 unspecified atom stereocenters. The molecular weight excluding hydrogens is 524 g/mol. The molecule has 7 nitrogen and oxygen atoms in total. The van der Waals surface area contributed by atoms with Crippen LogP contribution in [0.3, 0.4) is 0 Å². The molecule has 4 rings (SSSR count). The van der Waals surface area contributed by atoms with Gasteiger partial charge in [-0.2, -0.15) is 0 Å². The van der Waals surface area contributed by atoms with Crippen molar-refractivity contribution < 1.29 is 23.9 Å². The molecule has 0 aliphatic heterocycles. The van der Waals surface area contributed by atoms with Crippen LogP contribution in [0.5, 0.6) is 5.75 Å². The van der Waals surface area contributed by atoms with Crippen LogP contribution in [0.4, 0.5) is 5.69 Å². The van der Waals surface area contributed by atoms with Crippen molar-refractivity contribution in [2.24, 2.45) is 0 Å². The number of rotatable bonds is 11.